The largest absolute Gasteiger partial charge is 1.00 e. The number of ether oxygens (including phenoxy) is 3. The molecule has 0 bridgehead atoms. The molecule has 6 aromatic carbocycles. The Morgan fingerprint density at radius 2 is 0.556 bits per heavy atom. The van der Waals surface area contributed by atoms with Gasteiger partial charge in [0.2, 0.25) is 0 Å². The van der Waals surface area contributed by atoms with Crippen molar-refractivity contribution >= 4 is 53.1 Å². The van der Waals surface area contributed by atoms with Crippen LogP contribution in [0.15, 0.2) is 164 Å². The van der Waals surface area contributed by atoms with Crippen LogP contribution in [0.4, 0.5) is 13.2 Å². The Balaban J connectivity index is 0.000000596. The van der Waals surface area contributed by atoms with E-state index in [0.29, 0.717) is 51.2 Å². The van der Waals surface area contributed by atoms with Crippen LogP contribution in [-0.4, -0.2) is 82.5 Å². The summed E-state index contributed by atoms with van der Waals surface area (Å²) in [6.45, 7) is 0. The first-order chi connectivity index (χ1) is 36.1. The van der Waals surface area contributed by atoms with Crippen LogP contribution in [0.3, 0.4) is 0 Å². The maximum absolute atomic E-state index is 14.2. The number of hydrogen-bond donors (Lipinski definition) is 6. The molecule has 0 aliphatic rings. The number of hydrogen-bond acceptors (Lipinski definition) is 15. The fourth-order valence-corrected chi connectivity index (χ4v) is 13.0. The van der Waals surface area contributed by atoms with E-state index in [1.165, 1.54) is 0 Å². The summed E-state index contributed by atoms with van der Waals surface area (Å²) < 4.78 is 179. The minimum atomic E-state index is -5.83. The van der Waals surface area contributed by atoms with E-state index in [1.54, 1.807) is 146 Å². The molecule has 6 N–H and O–H groups in total. The van der Waals surface area contributed by atoms with Crippen molar-refractivity contribution in [2.45, 2.75) is 72.0 Å². The molecule has 0 amide bonds. The van der Waals surface area contributed by atoms with E-state index in [-0.39, 0.29) is 193 Å². The van der Waals surface area contributed by atoms with E-state index >= 15 is 0 Å². The molecule has 0 saturated heterocycles. The van der Waals surface area contributed by atoms with Gasteiger partial charge in [-0.3, -0.25) is 13.7 Å². The van der Waals surface area contributed by atoms with Crippen LogP contribution in [0.1, 0.15) is 55.2 Å². The van der Waals surface area contributed by atoms with Gasteiger partial charge in [-0.05, 0) is 128 Å². The van der Waals surface area contributed by atoms with Crippen molar-refractivity contribution < 1.29 is 264 Å². The Morgan fingerprint density at radius 1 is 0.358 bits per heavy atom. The zero-order valence-corrected chi connectivity index (χ0v) is 58.0. The minimum absolute atomic E-state index is 0. The number of alkyl halides is 3. The van der Waals surface area contributed by atoms with E-state index in [1.807, 2.05) is 18.2 Å². The van der Waals surface area contributed by atoms with E-state index < -0.39 is 86.6 Å². The van der Waals surface area contributed by atoms with Crippen molar-refractivity contribution in [1.82, 2.24) is 0 Å². The molecule has 0 aliphatic heterocycles. The number of rotatable bonds is 24. The van der Waals surface area contributed by atoms with Gasteiger partial charge in [0.15, 0.2) is 0 Å². The topological polar surface area (TPSA) is 372 Å². The predicted molar refractivity (Wildman–Crippen MR) is 274 cm³/mol. The Kier molecular flexibility index (Phi) is 33.4. The van der Waals surface area contributed by atoms with Gasteiger partial charge in [-0.2, -0.15) is 0 Å². The van der Waals surface area contributed by atoms with Gasteiger partial charge in [0.25, 0.3) is 14.2 Å². The minimum Gasteiger partial charge on any atom is -0.745 e. The van der Waals surface area contributed by atoms with Crippen LogP contribution in [-0.2, 0) is 63.3 Å². The molecule has 21 nitrogen and oxygen atoms in total. The van der Waals surface area contributed by atoms with Crippen LogP contribution < -0.4 is 168 Å². The molecule has 0 fully saturated rings. The van der Waals surface area contributed by atoms with Crippen molar-refractivity contribution in [1.29, 1.82) is 0 Å². The summed E-state index contributed by atoms with van der Waals surface area (Å²) >= 11 is 0. The molecule has 0 saturated carbocycles. The van der Waals surface area contributed by atoms with Crippen LogP contribution in [0.5, 0.6) is 34.5 Å². The van der Waals surface area contributed by atoms with Gasteiger partial charge in [0, 0.05) is 19.3 Å². The molecule has 3 atom stereocenters. The van der Waals surface area contributed by atoms with E-state index in [9.17, 15) is 65.8 Å². The number of aryl methyl sites for hydroxylation is 3. The van der Waals surface area contributed by atoms with E-state index in [0.717, 1.165) is 0 Å². The third-order valence-electron chi connectivity index (χ3n) is 10.9. The average Bonchev–Trinajstić information content (AvgIpc) is 3.33. The van der Waals surface area contributed by atoms with Gasteiger partial charge in [-0.1, -0.05) is 91.0 Å². The molecule has 6 aromatic rings. The summed E-state index contributed by atoms with van der Waals surface area (Å²) in [5.41, 5.74) is 1.90. The summed E-state index contributed by atoms with van der Waals surface area (Å²) in [5, 5.41) is 0. The fourth-order valence-electron chi connectivity index (χ4n) is 6.95. The van der Waals surface area contributed by atoms with Crippen molar-refractivity contribution in [3.05, 3.63) is 180 Å². The summed E-state index contributed by atoms with van der Waals surface area (Å²) in [4.78, 5) is 53.5. The summed E-state index contributed by atoms with van der Waals surface area (Å²) in [6, 6.07) is 46.8. The van der Waals surface area contributed by atoms with Gasteiger partial charge in [-0.25, -0.2) is 38.4 Å². The molecule has 0 radical (unpaired) electrons. The van der Waals surface area contributed by atoms with E-state index in [4.69, 9.17) is 43.6 Å². The van der Waals surface area contributed by atoms with Gasteiger partial charge >= 0.3 is 177 Å². The van der Waals surface area contributed by atoms with Gasteiger partial charge < -0.3 is 57.2 Å². The Bertz CT molecular complexity index is 3070. The second-order valence-electron chi connectivity index (χ2n) is 16.8. The standard InChI is InChI=1S/3C16H18FO7PS.3K/c3*17-16(25(18,19)20,26(21,22)23)11-5-7-13-6-4-10-15(12-13)24-14-8-2-1-3-9-14;;;/h3*1-4,6,8-10,12H,5,7,11H2,(H2,18,19,20)(H,21,22,23);;;/q;;;3*+1/p-3. The molecule has 0 aromatic heterocycles. The first-order valence-corrected chi connectivity index (χ1v) is 31.7. The zero-order chi connectivity index (χ0) is 58.3. The molecule has 6 rings (SSSR count). The first-order valence-electron chi connectivity index (χ1n) is 22.6. The van der Waals surface area contributed by atoms with Crippen LogP contribution in [0, 0.1) is 0 Å². The second-order valence-corrected chi connectivity index (χ2v) is 27.8. The molecular weight excluding hydrogens is 1280 g/mol. The normalized spacial score (nSPS) is 14.1. The van der Waals surface area contributed by atoms with Crippen molar-refractivity contribution in [3.63, 3.8) is 0 Å². The third kappa shape index (κ3) is 24.2. The maximum Gasteiger partial charge on any atom is 1.00 e. The molecule has 0 spiro atoms. The third-order valence-corrected chi connectivity index (χ3v) is 21.3. The van der Waals surface area contributed by atoms with Crippen molar-refractivity contribution in [2.24, 2.45) is 0 Å². The summed E-state index contributed by atoms with van der Waals surface area (Å²) in [7, 11) is -34.8. The fraction of sp³-hybridized carbons (Fsp3) is 0.250. The van der Waals surface area contributed by atoms with Crippen LogP contribution >= 0.6 is 22.8 Å². The average molecular weight is 1330 g/mol. The molecule has 33 heteroatoms. The Morgan fingerprint density at radius 3 is 0.741 bits per heavy atom. The molecule has 81 heavy (non-hydrogen) atoms. The second kappa shape index (κ2) is 34.4. The first kappa shape index (κ1) is 78.6. The Labute approximate surface area is 594 Å². The molecule has 0 heterocycles. The summed E-state index contributed by atoms with van der Waals surface area (Å²) in [6.07, 6.45) is -3.76. The SMILES string of the molecule is O=P(O)(O)C(F)(CCCc1cccc(Oc2ccccc2)c1)S(=O)(=O)[O-].O=P(O)(O)C(F)(CCCc1cccc(Oc2ccccc2)c1)S(=O)(=O)[O-].O=P(O)(O)C(F)(CCCc1cccc(Oc2ccccc2)c1)S(=O)(=O)[O-].[K+].[K+].[K+]. The number of para-hydroxylation sites is 3. The van der Waals surface area contributed by atoms with Crippen molar-refractivity contribution in [3.8, 4) is 34.5 Å². The monoisotopic (exact) mass is 1330 g/mol. The Hall–Kier alpha value is -0.401. The zero-order valence-electron chi connectivity index (χ0n) is 43.5. The quantitative estimate of drug-likeness (QED) is 0.0272. The smallest absolute Gasteiger partial charge is 0.745 e. The molecule has 3 unspecified atom stereocenters. The molecule has 0 aliphatic carbocycles. The number of halogens is 3. The van der Waals surface area contributed by atoms with Gasteiger partial charge in [0.1, 0.15) is 64.9 Å². The summed E-state index contributed by atoms with van der Waals surface area (Å²) in [5.74, 6) is 3.29. The maximum atomic E-state index is 14.2. The molecule has 426 valence electrons. The van der Waals surface area contributed by atoms with Crippen molar-refractivity contribution in [2.75, 3.05) is 0 Å². The van der Waals surface area contributed by atoms with Gasteiger partial charge in [0.05, 0.1) is 0 Å². The van der Waals surface area contributed by atoms with E-state index in [2.05, 4.69) is 0 Å². The van der Waals surface area contributed by atoms with Crippen LogP contribution in [0.2, 0.25) is 0 Å². The van der Waals surface area contributed by atoms with Crippen LogP contribution in [0.25, 0.3) is 0 Å². The molecular formula is C48H51F3K3O21P3S3. The van der Waals surface area contributed by atoms with Gasteiger partial charge in [-0.15, -0.1) is 0 Å². The number of benzene rings is 6. The predicted octanol–water partition coefficient (Wildman–Crippen LogP) is 0.455.